The van der Waals surface area contributed by atoms with Crippen LogP contribution in [0.4, 0.5) is 5.95 Å². The molecule has 0 bridgehead atoms. The lowest BCUT2D eigenvalue weighted by atomic mass is 10.1. The minimum absolute atomic E-state index is 0.165. The molecule has 7 nitrogen and oxygen atoms in total. The number of hydrogen-bond donors (Lipinski definition) is 1. The summed E-state index contributed by atoms with van der Waals surface area (Å²) in [6, 6.07) is 0.470. The van der Waals surface area contributed by atoms with Crippen LogP contribution in [-0.2, 0) is 0 Å². The van der Waals surface area contributed by atoms with Crippen molar-refractivity contribution < 1.29 is 0 Å². The molecule has 2 saturated carbocycles. The molecule has 0 spiro atoms. The van der Waals surface area contributed by atoms with Gasteiger partial charge >= 0.3 is 0 Å². The van der Waals surface area contributed by atoms with Crippen LogP contribution in [-0.4, -0.2) is 35.8 Å². The first kappa shape index (κ1) is 12.0. The Morgan fingerprint density at radius 1 is 1.15 bits per heavy atom. The first-order chi connectivity index (χ1) is 9.79. The maximum absolute atomic E-state index is 5.98. The van der Waals surface area contributed by atoms with Gasteiger partial charge in [-0.3, -0.25) is 0 Å². The maximum Gasteiger partial charge on any atom is 0.258 e. The molecule has 2 aliphatic carbocycles. The molecular weight excluding hydrogens is 278 g/mol. The molecular formula is C12H14ClN7. The lowest BCUT2D eigenvalue weighted by Crippen LogP contribution is -2.26. The second-order valence-corrected chi connectivity index (χ2v) is 5.75. The predicted molar refractivity (Wildman–Crippen MR) is 72.6 cm³/mol. The highest BCUT2D eigenvalue weighted by atomic mass is 35.5. The lowest BCUT2D eigenvalue weighted by molar-refractivity contribution is 0.562. The highest BCUT2D eigenvalue weighted by molar-refractivity contribution is 6.28. The fourth-order valence-corrected chi connectivity index (χ4v) is 2.65. The van der Waals surface area contributed by atoms with E-state index in [2.05, 4.69) is 30.4 Å². The summed E-state index contributed by atoms with van der Waals surface area (Å²) in [6.45, 7) is 0. The van der Waals surface area contributed by atoms with Gasteiger partial charge in [-0.25, -0.2) is 4.98 Å². The van der Waals surface area contributed by atoms with Gasteiger partial charge in [0.05, 0.1) is 0 Å². The first-order valence-corrected chi connectivity index (χ1v) is 7.20. The van der Waals surface area contributed by atoms with Crippen LogP contribution in [0.3, 0.4) is 0 Å². The number of rotatable bonds is 5. The summed E-state index contributed by atoms with van der Waals surface area (Å²) < 4.78 is 1.47. The van der Waals surface area contributed by atoms with Gasteiger partial charge in [-0.2, -0.15) is 24.7 Å². The van der Waals surface area contributed by atoms with E-state index in [0.717, 1.165) is 11.8 Å². The summed E-state index contributed by atoms with van der Waals surface area (Å²) in [5.74, 6) is 2.43. The van der Waals surface area contributed by atoms with E-state index in [4.69, 9.17) is 11.6 Å². The van der Waals surface area contributed by atoms with Crippen LogP contribution in [0.5, 0.6) is 0 Å². The van der Waals surface area contributed by atoms with Crippen molar-refractivity contribution in [2.24, 2.45) is 11.8 Å². The summed E-state index contributed by atoms with van der Waals surface area (Å²) in [7, 11) is 0. The van der Waals surface area contributed by atoms with E-state index in [1.54, 1.807) is 0 Å². The molecule has 0 radical (unpaired) electrons. The van der Waals surface area contributed by atoms with Crippen LogP contribution in [0, 0.1) is 11.8 Å². The van der Waals surface area contributed by atoms with E-state index >= 15 is 0 Å². The largest absolute Gasteiger partial charge is 0.351 e. The average molecular weight is 292 g/mol. The van der Waals surface area contributed by atoms with E-state index < -0.39 is 0 Å². The number of aromatic nitrogens is 6. The summed E-state index contributed by atoms with van der Waals surface area (Å²) >= 11 is 5.98. The molecule has 0 aliphatic heterocycles. The van der Waals surface area contributed by atoms with Gasteiger partial charge in [0.25, 0.3) is 5.95 Å². The smallest absolute Gasteiger partial charge is 0.258 e. The Morgan fingerprint density at radius 3 is 2.50 bits per heavy atom. The monoisotopic (exact) mass is 291 g/mol. The molecule has 2 fully saturated rings. The molecule has 2 aliphatic rings. The van der Waals surface area contributed by atoms with E-state index in [1.165, 1.54) is 43.0 Å². The predicted octanol–water partition coefficient (Wildman–Crippen LogP) is 1.71. The van der Waals surface area contributed by atoms with Crippen LogP contribution >= 0.6 is 11.6 Å². The highest BCUT2D eigenvalue weighted by Gasteiger charge is 2.41. The van der Waals surface area contributed by atoms with E-state index in [9.17, 15) is 0 Å². The molecule has 0 unspecified atom stereocenters. The lowest BCUT2D eigenvalue weighted by Gasteiger charge is -2.17. The Kier molecular flexibility index (Phi) is 2.80. The normalized spacial score (nSPS) is 18.5. The van der Waals surface area contributed by atoms with Crippen molar-refractivity contribution in [3.63, 3.8) is 0 Å². The average Bonchev–Trinajstić information content (AvgIpc) is 3.35. The zero-order valence-corrected chi connectivity index (χ0v) is 11.5. The molecule has 8 heteroatoms. The fraction of sp³-hybridized carbons (Fsp3) is 0.583. The van der Waals surface area contributed by atoms with Crippen molar-refractivity contribution in [3.05, 3.63) is 17.9 Å². The van der Waals surface area contributed by atoms with Crippen LogP contribution in [0.25, 0.3) is 5.95 Å². The van der Waals surface area contributed by atoms with Gasteiger partial charge in [-0.15, -0.1) is 0 Å². The van der Waals surface area contributed by atoms with Gasteiger partial charge in [0, 0.05) is 6.04 Å². The van der Waals surface area contributed by atoms with Crippen molar-refractivity contribution in [1.82, 2.24) is 29.7 Å². The molecule has 2 aromatic heterocycles. The number of anilines is 1. The second-order valence-electron chi connectivity index (χ2n) is 5.41. The van der Waals surface area contributed by atoms with Crippen molar-refractivity contribution in [3.8, 4) is 5.95 Å². The molecule has 1 N–H and O–H groups in total. The molecule has 0 saturated heterocycles. The van der Waals surface area contributed by atoms with Crippen molar-refractivity contribution in [2.45, 2.75) is 31.7 Å². The SMILES string of the molecule is Clc1nc(NC(C2CC2)C2CC2)nc(-n2cncn2)n1. The van der Waals surface area contributed by atoms with E-state index in [0.29, 0.717) is 17.9 Å². The van der Waals surface area contributed by atoms with Crippen LogP contribution in [0.1, 0.15) is 25.7 Å². The third-order valence-corrected chi connectivity index (χ3v) is 3.94. The van der Waals surface area contributed by atoms with Crippen molar-refractivity contribution in [2.75, 3.05) is 5.32 Å². The van der Waals surface area contributed by atoms with Crippen molar-refractivity contribution >= 4 is 17.5 Å². The Bertz CT molecular complexity index is 594. The molecule has 2 heterocycles. The van der Waals surface area contributed by atoms with E-state index in [-0.39, 0.29) is 5.28 Å². The molecule has 104 valence electrons. The Balaban J connectivity index is 1.60. The third-order valence-electron chi connectivity index (χ3n) is 3.78. The highest BCUT2D eigenvalue weighted by Crippen LogP contribution is 2.45. The molecule has 0 atom stereocenters. The minimum Gasteiger partial charge on any atom is -0.351 e. The number of hydrogen-bond acceptors (Lipinski definition) is 6. The molecule has 0 aromatic carbocycles. The quantitative estimate of drug-likeness (QED) is 0.903. The van der Waals surface area contributed by atoms with Gasteiger partial charge in [-0.1, -0.05) is 0 Å². The van der Waals surface area contributed by atoms with E-state index in [1.807, 2.05) is 0 Å². The molecule has 4 rings (SSSR count). The summed E-state index contributed by atoms with van der Waals surface area (Å²) in [5.41, 5.74) is 0. The van der Waals surface area contributed by atoms with Crippen LogP contribution < -0.4 is 5.32 Å². The number of nitrogens with one attached hydrogen (secondary N) is 1. The first-order valence-electron chi connectivity index (χ1n) is 6.83. The maximum atomic E-state index is 5.98. The topological polar surface area (TPSA) is 81.4 Å². The van der Waals surface area contributed by atoms with Crippen LogP contribution in [0.2, 0.25) is 5.28 Å². The Hall–Kier alpha value is -1.76. The van der Waals surface area contributed by atoms with Crippen molar-refractivity contribution in [1.29, 1.82) is 0 Å². The molecule has 20 heavy (non-hydrogen) atoms. The number of nitrogens with zero attached hydrogens (tertiary/aromatic N) is 6. The molecule has 2 aromatic rings. The second kappa shape index (κ2) is 4.66. The Morgan fingerprint density at radius 2 is 1.90 bits per heavy atom. The zero-order valence-electron chi connectivity index (χ0n) is 10.8. The summed E-state index contributed by atoms with van der Waals surface area (Å²) in [5, 5.41) is 7.61. The van der Waals surface area contributed by atoms with Gasteiger partial charge in [-0.05, 0) is 49.1 Å². The third kappa shape index (κ3) is 2.45. The standard InChI is InChI=1S/C12H14ClN7/c13-10-17-11(16-9(7-1-2-7)8-3-4-8)19-12(18-10)20-6-14-5-15-20/h5-9H,1-4H2,(H,16,17,18,19). The zero-order chi connectivity index (χ0) is 13.5. The van der Waals surface area contributed by atoms with Gasteiger partial charge in [0.1, 0.15) is 12.7 Å². The summed E-state index contributed by atoms with van der Waals surface area (Å²) in [4.78, 5) is 16.5. The van der Waals surface area contributed by atoms with Gasteiger partial charge < -0.3 is 5.32 Å². The van der Waals surface area contributed by atoms with Gasteiger partial charge in [0.15, 0.2) is 0 Å². The molecule has 0 amide bonds. The minimum atomic E-state index is 0.165. The fourth-order valence-electron chi connectivity index (χ4n) is 2.50. The van der Waals surface area contributed by atoms with Crippen LogP contribution in [0.15, 0.2) is 12.7 Å². The number of halogens is 1. The Labute approximate surface area is 120 Å². The summed E-state index contributed by atoms with van der Waals surface area (Å²) in [6.07, 6.45) is 8.15. The van der Waals surface area contributed by atoms with Gasteiger partial charge in [0.2, 0.25) is 11.2 Å².